The summed E-state index contributed by atoms with van der Waals surface area (Å²) in [7, 11) is 0. The summed E-state index contributed by atoms with van der Waals surface area (Å²) >= 11 is 5.94. The smallest absolute Gasteiger partial charge is 0.0428 e. The Balaban J connectivity index is 2.28. The van der Waals surface area contributed by atoms with Gasteiger partial charge in [-0.25, -0.2) is 0 Å². The van der Waals surface area contributed by atoms with Gasteiger partial charge in [0.25, 0.3) is 0 Å². The summed E-state index contributed by atoms with van der Waals surface area (Å²) in [6.07, 6.45) is 0. The zero-order valence-electron chi connectivity index (χ0n) is 8.50. The second kappa shape index (κ2) is 4.37. The van der Waals surface area contributed by atoms with Crippen molar-refractivity contribution in [1.82, 2.24) is 0 Å². The van der Waals surface area contributed by atoms with E-state index in [0.29, 0.717) is 0 Å². The average Bonchev–Trinajstić information content (AvgIpc) is 2.25. The maximum atomic E-state index is 5.94. The topological polar surface area (TPSA) is 12.0 Å². The van der Waals surface area contributed by atoms with Crippen LogP contribution < -0.4 is 5.32 Å². The van der Waals surface area contributed by atoms with Crippen LogP contribution in [0.25, 0.3) is 0 Å². The Bertz CT molecular complexity index is 451. The number of benzene rings is 2. The predicted molar refractivity (Wildman–Crippen MR) is 65.9 cm³/mol. The van der Waals surface area contributed by atoms with E-state index < -0.39 is 0 Å². The molecule has 15 heavy (non-hydrogen) atoms. The molecule has 1 nitrogen and oxygen atoms in total. The van der Waals surface area contributed by atoms with E-state index in [4.69, 9.17) is 11.6 Å². The molecule has 0 aliphatic carbocycles. The van der Waals surface area contributed by atoms with Crippen molar-refractivity contribution in [2.45, 2.75) is 6.92 Å². The van der Waals surface area contributed by atoms with E-state index in [2.05, 4.69) is 12.2 Å². The molecular weight excluding hydrogens is 206 g/mol. The first-order valence-electron chi connectivity index (χ1n) is 4.84. The van der Waals surface area contributed by atoms with Crippen molar-refractivity contribution in [3.8, 4) is 0 Å². The zero-order valence-corrected chi connectivity index (χ0v) is 9.25. The molecule has 1 N–H and O–H groups in total. The van der Waals surface area contributed by atoms with E-state index >= 15 is 0 Å². The highest BCUT2D eigenvalue weighted by Crippen LogP contribution is 2.23. The van der Waals surface area contributed by atoms with Gasteiger partial charge in [-0.3, -0.25) is 0 Å². The number of anilines is 2. The SMILES string of the molecule is Cc1ccc(Cl)cc1Nc1ccccc1. The molecule has 0 spiro atoms. The molecule has 0 fully saturated rings. The van der Waals surface area contributed by atoms with Crippen molar-refractivity contribution in [2.24, 2.45) is 0 Å². The lowest BCUT2D eigenvalue weighted by atomic mass is 10.2. The van der Waals surface area contributed by atoms with Gasteiger partial charge in [-0.1, -0.05) is 35.9 Å². The van der Waals surface area contributed by atoms with Crippen LogP contribution in [0.5, 0.6) is 0 Å². The first-order chi connectivity index (χ1) is 7.25. The van der Waals surface area contributed by atoms with Crippen LogP contribution >= 0.6 is 11.6 Å². The van der Waals surface area contributed by atoms with Crippen LogP contribution in [-0.4, -0.2) is 0 Å². The van der Waals surface area contributed by atoms with Crippen LogP contribution in [0.4, 0.5) is 11.4 Å². The number of aryl methyl sites for hydroxylation is 1. The first-order valence-corrected chi connectivity index (χ1v) is 5.22. The van der Waals surface area contributed by atoms with Gasteiger partial charge in [0, 0.05) is 16.4 Å². The molecule has 0 saturated heterocycles. The highest BCUT2D eigenvalue weighted by Gasteiger charge is 1.99. The van der Waals surface area contributed by atoms with Crippen LogP contribution in [0, 0.1) is 6.92 Å². The summed E-state index contributed by atoms with van der Waals surface area (Å²) < 4.78 is 0. The molecule has 0 saturated carbocycles. The van der Waals surface area contributed by atoms with Gasteiger partial charge in [-0.15, -0.1) is 0 Å². The molecular formula is C13H12ClN. The van der Waals surface area contributed by atoms with Crippen LogP contribution in [0.3, 0.4) is 0 Å². The van der Waals surface area contributed by atoms with Crippen LogP contribution in [-0.2, 0) is 0 Å². The fourth-order valence-electron chi connectivity index (χ4n) is 1.41. The van der Waals surface area contributed by atoms with Gasteiger partial charge in [0.05, 0.1) is 0 Å². The minimum absolute atomic E-state index is 0.749. The molecule has 2 aromatic carbocycles. The average molecular weight is 218 g/mol. The van der Waals surface area contributed by atoms with Gasteiger partial charge >= 0.3 is 0 Å². The van der Waals surface area contributed by atoms with Crippen LogP contribution in [0.1, 0.15) is 5.56 Å². The Morgan fingerprint density at radius 3 is 2.47 bits per heavy atom. The van der Waals surface area contributed by atoms with E-state index in [-0.39, 0.29) is 0 Å². The maximum Gasteiger partial charge on any atom is 0.0428 e. The fraction of sp³-hybridized carbons (Fsp3) is 0.0769. The van der Waals surface area contributed by atoms with Gasteiger partial charge in [-0.05, 0) is 36.8 Å². The van der Waals surface area contributed by atoms with E-state index in [0.717, 1.165) is 16.4 Å². The monoisotopic (exact) mass is 217 g/mol. The summed E-state index contributed by atoms with van der Waals surface area (Å²) in [5.74, 6) is 0. The molecule has 76 valence electrons. The molecule has 0 aliphatic rings. The molecule has 2 aromatic rings. The highest BCUT2D eigenvalue weighted by atomic mass is 35.5. The van der Waals surface area contributed by atoms with Crippen molar-refractivity contribution in [3.63, 3.8) is 0 Å². The number of hydrogen-bond acceptors (Lipinski definition) is 1. The summed E-state index contributed by atoms with van der Waals surface area (Å²) in [5.41, 5.74) is 3.31. The lowest BCUT2D eigenvalue weighted by Crippen LogP contribution is -1.92. The van der Waals surface area contributed by atoms with Crippen molar-refractivity contribution in [2.75, 3.05) is 5.32 Å². The van der Waals surface area contributed by atoms with E-state index in [1.165, 1.54) is 5.56 Å². The number of para-hydroxylation sites is 1. The van der Waals surface area contributed by atoms with E-state index in [9.17, 15) is 0 Å². The largest absolute Gasteiger partial charge is 0.355 e. The van der Waals surface area contributed by atoms with Crippen LogP contribution in [0.2, 0.25) is 5.02 Å². The standard InChI is InChI=1S/C13H12ClN/c1-10-7-8-11(14)9-13(10)15-12-5-3-2-4-6-12/h2-9,15H,1H3. The lowest BCUT2D eigenvalue weighted by Gasteiger charge is -2.09. The van der Waals surface area contributed by atoms with Crippen molar-refractivity contribution >= 4 is 23.0 Å². The van der Waals surface area contributed by atoms with E-state index in [1.807, 2.05) is 48.5 Å². The molecule has 0 atom stereocenters. The fourth-order valence-corrected chi connectivity index (χ4v) is 1.58. The molecule has 0 bridgehead atoms. The minimum atomic E-state index is 0.749. The molecule has 0 unspecified atom stereocenters. The highest BCUT2D eigenvalue weighted by molar-refractivity contribution is 6.30. The number of nitrogens with one attached hydrogen (secondary N) is 1. The Hall–Kier alpha value is -1.47. The molecule has 0 heterocycles. The predicted octanol–water partition coefficient (Wildman–Crippen LogP) is 4.39. The first kappa shape index (κ1) is 10.1. The molecule has 0 aliphatic heterocycles. The Labute approximate surface area is 94.7 Å². The molecule has 0 aromatic heterocycles. The van der Waals surface area contributed by atoms with Gasteiger partial charge in [0.1, 0.15) is 0 Å². The van der Waals surface area contributed by atoms with Crippen molar-refractivity contribution < 1.29 is 0 Å². The molecule has 0 radical (unpaired) electrons. The zero-order chi connectivity index (χ0) is 10.7. The summed E-state index contributed by atoms with van der Waals surface area (Å²) in [5, 5.41) is 4.08. The second-order valence-electron chi connectivity index (χ2n) is 3.45. The molecule has 2 rings (SSSR count). The second-order valence-corrected chi connectivity index (χ2v) is 3.89. The van der Waals surface area contributed by atoms with Gasteiger partial charge in [0.2, 0.25) is 0 Å². The summed E-state index contributed by atoms with van der Waals surface area (Å²) in [4.78, 5) is 0. The summed E-state index contributed by atoms with van der Waals surface area (Å²) in [6.45, 7) is 2.06. The quantitative estimate of drug-likeness (QED) is 0.787. The Kier molecular flexibility index (Phi) is 2.93. The van der Waals surface area contributed by atoms with E-state index in [1.54, 1.807) is 0 Å². The third-order valence-corrected chi connectivity index (χ3v) is 2.49. The maximum absolute atomic E-state index is 5.94. The van der Waals surface area contributed by atoms with Crippen LogP contribution in [0.15, 0.2) is 48.5 Å². The lowest BCUT2D eigenvalue weighted by molar-refractivity contribution is 1.43. The van der Waals surface area contributed by atoms with Gasteiger partial charge in [-0.2, -0.15) is 0 Å². The molecule has 0 amide bonds. The normalized spacial score (nSPS) is 10.0. The molecule has 2 heteroatoms. The summed E-state index contributed by atoms with van der Waals surface area (Å²) in [6, 6.07) is 15.9. The van der Waals surface area contributed by atoms with Gasteiger partial charge < -0.3 is 5.32 Å². The Morgan fingerprint density at radius 1 is 1.00 bits per heavy atom. The number of rotatable bonds is 2. The minimum Gasteiger partial charge on any atom is -0.355 e. The third kappa shape index (κ3) is 2.51. The Morgan fingerprint density at radius 2 is 1.73 bits per heavy atom. The number of halogens is 1. The van der Waals surface area contributed by atoms with Gasteiger partial charge in [0.15, 0.2) is 0 Å². The third-order valence-electron chi connectivity index (χ3n) is 2.25. The number of hydrogen-bond donors (Lipinski definition) is 1. The van der Waals surface area contributed by atoms with Crippen molar-refractivity contribution in [1.29, 1.82) is 0 Å². The van der Waals surface area contributed by atoms with Crippen molar-refractivity contribution in [3.05, 3.63) is 59.1 Å².